The number of benzene rings is 1. The van der Waals surface area contributed by atoms with Crippen LogP contribution in [0.25, 0.3) is 5.57 Å². The van der Waals surface area contributed by atoms with Gasteiger partial charge in [0, 0.05) is 18.3 Å². The molecule has 0 radical (unpaired) electrons. The standard InChI is InChI=1S/C21H33N/c1-14-13-21(8,9)22(10)18-12-17(20(5,6)7)16(11-15(14)18)19(2,3)4/h11-13H,1-10H3. The van der Waals surface area contributed by atoms with Crippen LogP contribution in [0.15, 0.2) is 18.2 Å². The molecule has 0 unspecified atom stereocenters. The lowest BCUT2D eigenvalue weighted by Crippen LogP contribution is -2.42. The molecule has 0 saturated heterocycles. The van der Waals surface area contributed by atoms with Crippen molar-refractivity contribution >= 4 is 11.3 Å². The van der Waals surface area contributed by atoms with Gasteiger partial charge < -0.3 is 4.90 Å². The summed E-state index contributed by atoms with van der Waals surface area (Å²) >= 11 is 0. The Balaban J connectivity index is 2.81. The average molecular weight is 300 g/mol. The molecule has 1 nitrogen and oxygen atoms in total. The van der Waals surface area contributed by atoms with Crippen molar-refractivity contribution in [2.24, 2.45) is 0 Å². The fourth-order valence-corrected chi connectivity index (χ4v) is 3.44. The molecule has 1 aromatic carbocycles. The summed E-state index contributed by atoms with van der Waals surface area (Å²) in [7, 11) is 2.21. The van der Waals surface area contributed by atoms with Crippen LogP contribution < -0.4 is 4.90 Å². The van der Waals surface area contributed by atoms with Crippen LogP contribution in [-0.2, 0) is 10.8 Å². The summed E-state index contributed by atoms with van der Waals surface area (Å²) in [5, 5.41) is 0. The molecule has 0 amide bonds. The van der Waals surface area contributed by atoms with E-state index in [9.17, 15) is 0 Å². The quantitative estimate of drug-likeness (QED) is 0.575. The number of rotatable bonds is 0. The van der Waals surface area contributed by atoms with Gasteiger partial charge in [0.15, 0.2) is 0 Å². The number of fused-ring (bicyclic) bond motifs is 1. The zero-order valence-electron chi connectivity index (χ0n) is 16.2. The molecule has 0 aliphatic carbocycles. The molecule has 0 fully saturated rings. The molecule has 1 aliphatic rings. The number of anilines is 1. The van der Waals surface area contributed by atoms with E-state index in [1.54, 1.807) is 0 Å². The fourth-order valence-electron chi connectivity index (χ4n) is 3.44. The second kappa shape index (κ2) is 4.88. The van der Waals surface area contributed by atoms with Crippen LogP contribution >= 0.6 is 0 Å². The van der Waals surface area contributed by atoms with E-state index in [1.807, 2.05) is 0 Å². The minimum absolute atomic E-state index is 0.0650. The zero-order valence-corrected chi connectivity index (χ0v) is 16.2. The van der Waals surface area contributed by atoms with E-state index in [4.69, 9.17) is 0 Å². The van der Waals surface area contributed by atoms with Crippen molar-refractivity contribution in [3.05, 3.63) is 34.9 Å². The predicted molar refractivity (Wildman–Crippen MR) is 100.0 cm³/mol. The van der Waals surface area contributed by atoms with Crippen LogP contribution in [0.3, 0.4) is 0 Å². The van der Waals surface area contributed by atoms with E-state index in [1.165, 1.54) is 28.0 Å². The lowest BCUT2D eigenvalue weighted by molar-refractivity contribution is 0.528. The van der Waals surface area contributed by atoms with Gasteiger partial charge in [-0.2, -0.15) is 0 Å². The Morgan fingerprint density at radius 2 is 1.32 bits per heavy atom. The Morgan fingerprint density at radius 1 is 0.864 bits per heavy atom. The summed E-state index contributed by atoms with van der Waals surface area (Å²) in [5.74, 6) is 0. The molecule has 1 aliphatic heterocycles. The summed E-state index contributed by atoms with van der Waals surface area (Å²) in [5.41, 5.74) is 7.46. The van der Waals surface area contributed by atoms with E-state index < -0.39 is 0 Å². The first-order valence-electron chi connectivity index (χ1n) is 8.38. The lowest BCUT2D eigenvalue weighted by Gasteiger charge is -2.42. The van der Waals surface area contributed by atoms with Gasteiger partial charge in [0.05, 0.1) is 5.54 Å². The molecule has 1 heteroatoms. The Hall–Kier alpha value is -1.24. The van der Waals surface area contributed by atoms with E-state index in [0.717, 1.165) is 0 Å². The first-order valence-corrected chi connectivity index (χ1v) is 8.38. The number of allylic oxidation sites excluding steroid dienone is 1. The summed E-state index contributed by atoms with van der Waals surface area (Å²) in [4.78, 5) is 2.41. The van der Waals surface area contributed by atoms with Crippen LogP contribution in [0.2, 0.25) is 0 Å². The molecular weight excluding hydrogens is 266 g/mol. The maximum atomic E-state index is 2.44. The molecule has 1 aromatic rings. The molecule has 0 bridgehead atoms. The normalized spacial score (nSPS) is 18.1. The minimum atomic E-state index is 0.0650. The maximum absolute atomic E-state index is 2.44. The van der Waals surface area contributed by atoms with Gasteiger partial charge in [0.1, 0.15) is 0 Å². The van der Waals surface area contributed by atoms with Crippen LogP contribution in [0.5, 0.6) is 0 Å². The van der Waals surface area contributed by atoms with Crippen molar-refractivity contribution in [1.82, 2.24) is 0 Å². The molecule has 0 spiro atoms. The zero-order chi connectivity index (χ0) is 17.1. The molecule has 122 valence electrons. The molecular formula is C21H33N. The number of likely N-dealkylation sites (N-methyl/N-ethyl adjacent to an activating group) is 1. The number of hydrogen-bond donors (Lipinski definition) is 0. The molecule has 1 heterocycles. The van der Waals surface area contributed by atoms with E-state index in [-0.39, 0.29) is 16.4 Å². The third kappa shape index (κ3) is 2.83. The minimum Gasteiger partial charge on any atom is -0.365 e. The van der Waals surface area contributed by atoms with Gasteiger partial charge in [-0.05, 0) is 60.4 Å². The van der Waals surface area contributed by atoms with Crippen molar-refractivity contribution in [2.45, 2.75) is 78.7 Å². The number of hydrogen-bond acceptors (Lipinski definition) is 1. The van der Waals surface area contributed by atoms with Gasteiger partial charge in [0.2, 0.25) is 0 Å². The van der Waals surface area contributed by atoms with Gasteiger partial charge in [-0.3, -0.25) is 0 Å². The first kappa shape index (κ1) is 17.1. The molecule has 22 heavy (non-hydrogen) atoms. The molecule has 0 saturated carbocycles. The summed E-state index contributed by atoms with van der Waals surface area (Å²) < 4.78 is 0. The summed E-state index contributed by atoms with van der Waals surface area (Å²) in [6.45, 7) is 20.7. The van der Waals surface area contributed by atoms with Crippen LogP contribution in [-0.4, -0.2) is 12.6 Å². The van der Waals surface area contributed by atoms with Gasteiger partial charge >= 0.3 is 0 Å². The second-order valence-electron chi connectivity index (χ2n) is 9.45. The van der Waals surface area contributed by atoms with Crippen LogP contribution in [0.4, 0.5) is 5.69 Å². The van der Waals surface area contributed by atoms with Crippen molar-refractivity contribution < 1.29 is 0 Å². The van der Waals surface area contributed by atoms with E-state index in [0.29, 0.717) is 0 Å². The van der Waals surface area contributed by atoms with Crippen molar-refractivity contribution in [3.8, 4) is 0 Å². The predicted octanol–water partition coefficient (Wildman–Crippen LogP) is 5.91. The maximum Gasteiger partial charge on any atom is 0.0531 e. The van der Waals surface area contributed by atoms with E-state index in [2.05, 4.69) is 92.5 Å². The smallest absolute Gasteiger partial charge is 0.0531 e. The van der Waals surface area contributed by atoms with Crippen LogP contribution in [0.1, 0.15) is 79.0 Å². The highest BCUT2D eigenvalue weighted by atomic mass is 15.2. The van der Waals surface area contributed by atoms with Crippen molar-refractivity contribution in [3.63, 3.8) is 0 Å². The van der Waals surface area contributed by atoms with Crippen LogP contribution in [0, 0.1) is 0 Å². The van der Waals surface area contributed by atoms with Crippen molar-refractivity contribution in [2.75, 3.05) is 11.9 Å². The SMILES string of the molecule is CC1=CC(C)(C)N(C)c2cc(C(C)(C)C)c(C(C)(C)C)cc21. The Bertz CT molecular complexity index is 619. The largest absolute Gasteiger partial charge is 0.365 e. The average Bonchev–Trinajstić information content (AvgIpc) is 2.32. The Morgan fingerprint density at radius 3 is 1.77 bits per heavy atom. The molecule has 0 N–H and O–H groups in total. The van der Waals surface area contributed by atoms with Gasteiger partial charge in [-0.15, -0.1) is 0 Å². The molecule has 0 aromatic heterocycles. The fraction of sp³-hybridized carbons (Fsp3) is 0.619. The van der Waals surface area contributed by atoms with E-state index >= 15 is 0 Å². The topological polar surface area (TPSA) is 3.24 Å². The summed E-state index contributed by atoms with van der Waals surface area (Å²) in [6, 6.07) is 4.88. The summed E-state index contributed by atoms with van der Waals surface area (Å²) in [6.07, 6.45) is 2.39. The third-order valence-electron chi connectivity index (χ3n) is 4.97. The highest BCUT2D eigenvalue weighted by Crippen LogP contribution is 2.44. The third-order valence-corrected chi connectivity index (χ3v) is 4.97. The molecule has 0 atom stereocenters. The Kier molecular flexibility index (Phi) is 3.80. The first-order chi connectivity index (χ1) is 9.75. The highest BCUT2D eigenvalue weighted by molar-refractivity contribution is 5.82. The Labute approximate surface area is 137 Å². The number of nitrogens with zero attached hydrogens (tertiary/aromatic N) is 1. The second-order valence-corrected chi connectivity index (χ2v) is 9.45. The van der Waals surface area contributed by atoms with Gasteiger partial charge in [0.25, 0.3) is 0 Å². The highest BCUT2D eigenvalue weighted by Gasteiger charge is 2.33. The molecule has 2 rings (SSSR count). The lowest BCUT2D eigenvalue weighted by atomic mass is 9.73. The monoisotopic (exact) mass is 299 g/mol. The van der Waals surface area contributed by atoms with Gasteiger partial charge in [-0.25, -0.2) is 0 Å². The van der Waals surface area contributed by atoms with Crippen molar-refractivity contribution in [1.29, 1.82) is 0 Å². The van der Waals surface area contributed by atoms with Gasteiger partial charge in [-0.1, -0.05) is 47.6 Å².